The van der Waals surface area contributed by atoms with Crippen molar-refractivity contribution >= 4 is 29.6 Å². The fourth-order valence-corrected chi connectivity index (χ4v) is 2.92. The number of fused-ring (bicyclic) bond motifs is 1. The predicted molar refractivity (Wildman–Crippen MR) is 102 cm³/mol. The van der Waals surface area contributed by atoms with E-state index in [1.54, 1.807) is 29.2 Å². The van der Waals surface area contributed by atoms with Crippen molar-refractivity contribution < 1.29 is 24.2 Å². The summed E-state index contributed by atoms with van der Waals surface area (Å²) in [5, 5.41) is 11.8. The fourth-order valence-electron chi connectivity index (χ4n) is 2.92. The Bertz CT molecular complexity index is 985. The van der Waals surface area contributed by atoms with E-state index in [4.69, 9.17) is 14.6 Å². The number of nitrogens with one attached hydrogen (secondary N) is 1. The van der Waals surface area contributed by atoms with Crippen LogP contribution in [0.1, 0.15) is 12.0 Å². The first-order valence-corrected chi connectivity index (χ1v) is 8.66. The lowest BCUT2D eigenvalue weighted by Gasteiger charge is -2.23. The van der Waals surface area contributed by atoms with Gasteiger partial charge in [0.15, 0.2) is 11.5 Å². The summed E-state index contributed by atoms with van der Waals surface area (Å²) in [6.07, 6.45) is 1.55. The van der Waals surface area contributed by atoms with E-state index < -0.39 is 5.97 Å². The second-order valence-electron chi connectivity index (χ2n) is 6.16. The van der Waals surface area contributed by atoms with Crippen molar-refractivity contribution in [3.05, 3.63) is 59.8 Å². The molecule has 28 heavy (non-hydrogen) atoms. The van der Waals surface area contributed by atoms with E-state index in [0.717, 1.165) is 11.3 Å². The number of benzene rings is 2. The SMILES string of the molecule is O=C(O)CCN(C1=N/C(=C\c2ccc3c(c2)OCO3)C(=O)N1)c1ccccc1. The molecule has 0 unspecified atom stereocenters. The van der Waals surface area contributed by atoms with Crippen LogP contribution in [0, 0.1) is 0 Å². The second kappa shape index (κ2) is 7.43. The minimum absolute atomic E-state index is 0.0923. The van der Waals surface area contributed by atoms with Crippen LogP contribution in [0.15, 0.2) is 59.2 Å². The first-order chi connectivity index (χ1) is 13.6. The van der Waals surface area contributed by atoms with Crippen LogP contribution in [-0.4, -0.2) is 36.3 Å². The molecule has 0 saturated carbocycles. The first-order valence-electron chi connectivity index (χ1n) is 8.66. The van der Waals surface area contributed by atoms with Gasteiger partial charge in [0.2, 0.25) is 12.8 Å². The number of para-hydroxylation sites is 1. The Hall–Kier alpha value is -3.81. The number of anilines is 1. The normalized spacial score (nSPS) is 16.1. The highest BCUT2D eigenvalue weighted by Crippen LogP contribution is 2.33. The Kier molecular flexibility index (Phi) is 4.67. The number of carbonyl (C=O) groups is 2. The van der Waals surface area contributed by atoms with E-state index in [-0.39, 0.29) is 31.4 Å². The molecule has 0 aliphatic carbocycles. The molecule has 2 aromatic carbocycles. The molecule has 2 N–H and O–H groups in total. The molecular weight excluding hydrogens is 362 g/mol. The van der Waals surface area contributed by atoms with Crippen molar-refractivity contribution in [2.45, 2.75) is 6.42 Å². The van der Waals surface area contributed by atoms with Crippen LogP contribution in [0.25, 0.3) is 6.08 Å². The van der Waals surface area contributed by atoms with Crippen molar-refractivity contribution in [3.63, 3.8) is 0 Å². The fraction of sp³-hybridized carbons (Fsp3) is 0.150. The molecule has 0 bridgehead atoms. The molecule has 2 aromatic rings. The molecule has 4 rings (SSSR count). The number of hydrogen-bond donors (Lipinski definition) is 2. The summed E-state index contributed by atoms with van der Waals surface area (Å²) >= 11 is 0. The molecule has 2 aliphatic heterocycles. The number of hydrogen-bond acceptors (Lipinski definition) is 6. The smallest absolute Gasteiger partial charge is 0.305 e. The summed E-state index contributed by atoms with van der Waals surface area (Å²) in [6.45, 7) is 0.351. The van der Waals surface area contributed by atoms with Crippen LogP contribution >= 0.6 is 0 Å². The number of carbonyl (C=O) groups excluding carboxylic acids is 1. The summed E-state index contributed by atoms with van der Waals surface area (Å²) in [4.78, 5) is 29.5. The van der Waals surface area contributed by atoms with Crippen molar-refractivity contribution in [3.8, 4) is 11.5 Å². The van der Waals surface area contributed by atoms with E-state index in [2.05, 4.69) is 10.3 Å². The van der Waals surface area contributed by atoms with E-state index in [1.807, 2.05) is 30.3 Å². The summed E-state index contributed by atoms with van der Waals surface area (Å²) in [6, 6.07) is 14.5. The standard InChI is InChI=1S/C20H17N3O5/c24-18(25)8-9-23(14-4-2-1-3-5-14)20-21-15(19(26)22-20)10-13-6-7-16-17(11-13)28-12-27-16/h1-7,10-11H,8-9,12H2,(H,24,25)(H,21,22,26)/b15-10-. The minimum atomic E-state index is -0.929. The van der Waals surface area contributed by atoms with Crippen molar-refractivity contribution in [2.24, 2.45) is 4.99 Å². The molecule has 8 nitrogen and oxygen atoms in total. The van der Waals surface area contributed by atoms with Gasteiger partial charge in [-0.05, 0) is 35.9 Å². The second-order valence-corrected chi connectivity index (χ2v) is 6.16. The highest BCUT2D eigenvalue weighted by molar-refractivity contribution is 6.18. The Morgan fingerprint density at radius 2 is 1.96 bits per heavy atom. The highest BCUT2D eigenvalue weighted by Gasteiger charge is 2.26. The van der Waals surface area contributed by atoms with Gasteiger partial charge in [-0.25, -0.2) is 4.99 Å². The Balaban J connectivity index is 1.63. The number of aliphatic carboxylic acids is 1. The number of nitrogens with zero attached hydrogens (tertiary/aromatic N) is 2. The third-order valence-electron chi connectivity index (χ3n) is 4.26. The van der Waals surface area contributed by atoms with E-state index >= 15 is 0 Å². The molecule has 0 atom stereocenters. The number of carboxylic acids is 1. The third kappa shape index (κ3) is 3.66. The quantitative estimate of drug-likeness (QED) is 0.773. The monoisotopic (exact) mass is 379 g/mol. The van der Waals surface area contributed by atoms with Gasteiger partial charge in [0, 0.05) is 12.2 Å². The minimum Gasteiger partial charge on any atom is -0.481 e. The van der Waals surface area contributed by atoms with Crippen molar-refractivity contribution in [1.82, 2.24) is 5.32 Å². The van der Waals surface area contributed by atoms with Crippen LogP contribution in [0.2, 0.25) is 0 Å². The van der Waals surface area contributed by atoms with Crippen molar-refractivity contribution in [1.29, 1.82) is 0 Å². The van der Waals surface area contributed by atoms with Gasteiger partial charge in [0.05, 0.1) is 6.42 Å². The number of guanidine groups is 1. The van der Waals surface area contributed by atoms with E-state index in [9.17, 15) is 9.59 Å². The molecular formula is C20H17N3O5. The molecule has 0 radical (unpaired) electrons. The lowest BCUT2D eigenvalue weighted by Crippen LogP contribution is -2.41. The zero-order chi connectivity index (χ0) is 19.5. The van der Waals surface area contributed by atoms with E-state index in [1.165, 1.54) is 0 Å². The van der Waals surface area contributed by atoms with Gasteiger partial charge in [-0.1, -0.05) is 24.3 Å². The van der Waals surface area contributed by atoms with Crippen LogP contribution < -0.4 is 19.7 Å². The zero-order valence-corrected chi connectivity index (χ0v) is 14.8. The Morgan fingerprint density at radius 1 is 1.18 bits per heavy atom. The summed E-state index contributed by atoms with van der Waals surface area (Å²) in [7, 11) is 0. The van der Waals surface area contributed by atoms with Crippen LogP contribution in [0.5, 0.6) is 11.5 Å². The largest absolute Gasteiger partial charge is 0.481 e. The van der Waals surface area contributed by atoms with Gasteiger partial charge in [-0.2, -0.15) is 0 Å². The highest BCUT2D eigenvalue weighted by atomic mass is 16.7. The maximum Gasteiger partial charge on any atom is 0.305 e. The lowest BCUT2D eigenvalue weighted by atomic mass is 10.1. The Morgan fingerprint density at radius 3 is 2.75 bits per heavy atom. The third-order valence-corrected chi connectivity index (χ3v) is 4.26. The first kappa shape index (κ1) is 17.6. The molecule has 0 saturated heterocycles. The number of rotatable bonds is 5. The van der Waals surface area contributed by atoms with Crippen molar-refractivity contribution in [2.75, 3.05) is 18.2 Å². The van der Waals surface area contributed by atoms with Gasteiger partial charge >= 0.3 is 5.97 Å². The topological polar surface area (TPSA) is 100 Å². The molecule has 8 heteroatoms. The zero-order valence-electron chi connectivity index (χ0n) is 14.8. The van der Waals surface area contributed by atoms with Gasteiger partial charge in [0.1, 0.15) is 5.70 Å². The maximum atomic E-state index is 12.4. The number of amides is 1. The molecule has 2 heterocycles. The number of aliphatic imine (C=N–C) groups is 1. The summed E-state index contributed by atoms with van der Waals surface area (Å²) in [5.74, 6) is 0.283. The molecule has 142 valence electrons. The van der Waals surface area contributed by atoms with Crippen LogP contribution in [0.4, 0.5) is 5.69 Å². The summed E-state index contributed by atoms with van der Waals surface area (Å²) in [5.41, 5.74) is 1.72. The van der Waals surface area contributed by atoms with Crippen LogP contribution in [0.3, 0.4) is 0 Å². The number of carboxylic acid groups (broad SMARTS) is 1. The molecule has 0 spiro atoms. The maximum absolute atomic E-state index is 12.4. The van der Waals surface area contributed by atoms with Crippen LogP contribution in [-0.2, 0) is 9.59 Å². The molecule has 0 aromatic heterocycles. The lowest BCUT2D eigenvalue weighted by molar-refractivity contribution is -0.136. The number of ether oxygens (including phenoxy) is 2. The van der Waals surface area contributed by atoms with Gasteiger partial charge in [-0.15, -0.1) is 0 Å². The predicted octanol–water partition coefficient (Wildman–Crippen LogP) is 2.22. The molecule has 1 amide bonds. The molecule has 0 fully saturated rings. The van der Waals surface area contributed by atoms with Gasteiger partial charge in [-0.3, -0.25) is 14.9 Å². The average Bonchev–Trinajstić information content (AvgIpc) is 3.29. The van der Waals surface area contributed by atoms with Gasteiger partial charge in [0.25, 0.3) is 5.91 Å². The van der Waals surface area contributed by atoms with E-state index in [0.29, 0.717) is 17.5 Å². The molecule has 2 aliphatic rings. The van der Waals surface area contributed by atoms with Gasteiger partial charge < -0.3 is 19.5 Å². The summed E-state index contributed by atoms with van der Waals surface area (Å²) < 4.78 is 10.6. The Labute approximate surface area is 160 Å². The average molecular weight is 379 g/mol.